The van der Waals surface area contributed by atoms with Crippen LogP contribution in [-0.2, 0) is 0 Å². The number of rotatable bonds is 3. The minimum Gasteiger partial charge on any atom is -0.365 e. The Balaban J connectivity index is 2.18. The van der Waals surface area contributed by atoms with Crippen molar-refractivity contribution >= 4 is 11.5 Å². The van der Waals surface area contributed by atoms with E-state index in [2.05, 4.69) is 16.3 Å². The van der Waals surface area contributed by atoms with Crippen LogP contribution in [0.5, 0.6) is 0 Å². The molecule has 0 aliphatic carbocycles. The first-order valence-electron chi connectivity index (χ1n) is 6.17. The van der Waals surface area contributed by atoms with Gasteiger partial charge in [0.1, 0.15) is 0 Å². The lowest BCUT2D eigenvalue weighted by molar-refractivity contribution is 0.101. The number of benzene rings is 1. The Kier molecular flexibility index (Phi) is 3.96. The van der Waals surface area contributed by atoms with E-state index in [0.29, 0.717) is 6.42 Å². The van der Waals surface area contributed by atoms with Gasteiger partial charge < -0.3 is 10.2 Å². The number of nitriles is 1. The summed E-state index contributed by atoms with van der Waals surface area (Å²) >= 11 is 0. The average molecular weight is 243 g/mol. The Bertz CT molecular complexity index is 461. The molecule has 1 aliphatic rings. The Morgan fingerprint density at radius 2 is 2.22 bits per heavy atom. The van der Waals surface area contributed by atoms with Crippen LogP contribution in [0.4, 0.5) is 5.69 Å². The lowest BCUT2D eigenvalue weighted by Crippen LogP contribution is -2.51. The monoisotopic (exact) mass is 243 g/mol. The van der Waals surface area contributed by atoms with E-state index in [9.17, 15) is 4.79 Å². The van der Waals surface area contributed by atoms with E-state index in [1.165, 1.54) is 0 Å². The number of nitrogens with zero attached hydrogens (tertiary/aromatic N) is 2. The summed E-state index contributed by atoms with van der Waals surface area (Å²) < 4.78 is 0. The van der Waals surface area contributed by atoms with Crippen LogP contribution in [0, 0.1) is 11.3 Å². The van der Waals surface area contributed by atoms with E-state index in [1.807, 2.05) is 24.3 Å². The van der Waals surface area contributed by atoms with Crippen LogP contribution in [0.25, 0.3) is 0 Å². The third kappa shape index (κ3) is 2.69. The van der Waals surface area contributed by atoms with Crippen molar-refractivity contribution in [3.05, 3.63) is 29.8 Å². The van der Waals surface area contributed by atoms with E-state index in [-0.39, 0.29) is 11.8 Å². The van der Waals surface area contributed by atoms with Gasteiger partial charge >= 0.3 is 0 Å². The van der Waals surface area contributed by atoms with Crippen LogP contribution in [0.3, 0.4) is 0 Å². The third-order valence-electron chi connectivity index (χ3n) is 3.28. The van der Waals surface area contributed by atoms with Gasteiger partial charge in [0.15, 0.2) is 5.78 Å². The largest absolute Gasteiger partial charge is 0.365 e. The molecule has 1 aliphatic heterocycles. The van der Waals surface area contributed by atoms with E-state index < -0.39 is 0 Å². The van der Waals surface area contributed by atoms with Gasteiger partial charge in [-0.25, -0.2) is 0 Å². The van der Waals surface area contributed by atoms with Crippen molar-refractivity contribution < 1.29 is 4.79 Å². The Labute approximate surface area is 107 Å². The summed E-state index contributed by atoms with van der Waals surface area (Å²) in [6.07, 6.45) is 0.515. The number of Topliss-reactive ketones (excluding diaryl/α,β-unsaturated/α-hetero) is 1. The molecular weight excluding hydrogens is 226 g/mol. The molecule has 1 aromatic rings. The van der Waals surface area contributed by atoms with Gasteiger partial charge in [0.25, 0.3) is 0 Å². The highest BCUT2D eigenvalue weighted by atomic mass is 16.1. The fourth-order valence-corrected chi connectivity index (χ4v) is 2.28. The highest BCUT2D eigenvalue weighted by Gasteiger charge is 2.22. The number of carbonyl (C=O) groups excluding carboxylic acids is 1. The number of hydrogen-bond acceptors (Lipinski definition) is 4. The van der Waals surface area contributed by atoms with Crippen molar-refractivity contribution in [1.29, 1.82) is 5.26 Å². The second kappa shape index (κ2) is 5.65. The molecule has 0 saturated carbocycles. The van der Waals surface area contributed by atoms with E-state index in [4.69, 9.17) is 5.26 Å². The number of nitrogens with one attached hydrogen (secondary N) is 1. The van der Waals surface area contributed by atoms with Crippen LogP contribution in [0.15, 0.2) is 24.3 Å². The molecule has 4 nitrogen and oxygen atoms in total. The molecule has 1 N–H and O–H groups in total. The Morgan fingerprint density at radius 1 is 1.50 bits per heavy atom. The number of hydrogen-bond donors (Lipinski definition) is 1. The molecular formula is C14H17N3O. The molecule has 1 aromatic carbocycles. The highest BCUT2D eigenvalue weighted by Crippen LogP contribution is 2.20. The SMILES string of the molecule is CC(=O)c1ccc(N2CCNCC2CC#N)cc1. The number of piperazine rings is 1. The van der Waals surface area contributed by atoms with Gasteiger partial charge in [-0.3, -0.25) is 4.79 Å². The molecule has 94 valence electrons. The van der Waals surface area contributed by atoms with Crippen LogP contribution in [-0.4, -0.2) is 31.5 Å². The second-order valence-electron chi connectivity index (χ2n) is 4.52. The molecule has 1 unspecified atom stereocenters. The summed E-state index contributed by atoms with van der Waals surface area (Å²) in [5.74, 6) is 0.0791. The second-order valence-corrected chi connectivity index (χ2v) is 4.52. The molecule has 0 aromatic heterocycles. The lowest BCUT2D eigenvalue weighted by atomic mass is 10.1. The first kappa shape index (κ1) is 12.6. The van der Waals surface area contributed by atoms with Crippen molar-refractivity contribution in [2.24, 2.45) is 0 Å². The molecule has 18 heavy (non-hydrogen) atoms. The van der Waals surface area contributed by atoms with Crippen molar-refractivity contribution in [3.63, 3.8) is 0 Å². The normalized spacial score (nSPS) is 19.3. The fraction of sp³-hybridized carbons (Fsp3) is 0.429. The minimum atomic E-state index is 0.0791. The molecule has 2 rings (SSSR count). The van der Waals surface area contributed by atoms with Crippen molar-refractivity contribution in [1.82, 2.24) is 5.32 Å². The first-order valence-corrected chi connectivity index (χ1v) is 6.17. The molecule has 0 amide bonds. The fourth-order valence-electron chi connectivity index (χ4n) is 2.28. The van der Waals surface area contributed by atoms with E-state index in [1.54, 1.807) is 6.92 Å². The quantitative estimate of drug-likeness (QED) is 0.819. The van der Waals surface area contributed by atoms with Gasteiger partial charge in [0.2, 0.25) is 0 Å². The van der Waals surface area contributed by atoms with Crippen LogP contribution in [0.2, 0.25) is 0 Å². The number of ketones is 1. The third-order valence-corrected chi connectivity index (χ3v) is 3.28. The van der Waals surface area contributed by atoms with Gasteiger partial charge in [-0.05, 0) is 31.2 Å². The van der Waals surface area contributed by atoms with Gasteiger partial charge in [0.05, 0.1) is 18.5 Å². The standard InChI is InChI=1S/C14H17N3O/c1-11(18)12-2-4-13(5-3-12)17-9-8-16-10-14(17)6-7-15/h2-5,14,16H,6,8-10H2,1H3. The number of anilines is 1. The summed E-state index contributed by atoms with van der Waals surface area (Å²) in [6.45, 7) is 4.22. The van der Waals surface area contributed by atoms with Gasteiger partial charge in [0, 0.05) is 30.9 Å². The molecule has 0 bridgehead atoms. The minimum absolute atomic E-state index is 0.0791. The zero-order valence-corrected chi connectivity index (χ0v) is 10.5. The summed E-state index contributed by atoms with van der Waals surface area (Å²) in [5, 5.41) is 12.2. The molecule has 1 fully saturated rings. The van der Waals surface area contributed by atoms with Crippen LogP contribution < -0.4 is 10.2 Å². The first-order chi connectivity index (χ1) is 8.72. The smallest absolute Gasteiger partial charge is 0.159 e. The zero-order valence-electron chi connectivity index (χ0n) is 10.5. The maximum absolute atomic E-state index is 11.2. The molecule has 1 atom stereocenters. The van der Waals surface area contributed by atoms with Crippen molar-refractivity contribution in [2.45, 2.75) is 19.4 Å². The maximum Gasteiger partial charge on any atom is 0.159 e. The predicted octanol–water partition coefficient (Wildman–Crippen LogP) is 1.58. The topological polar surface area (TPSA) is 56.1 Å². The molecule has 0 radical (unpaired) electrons. The van der Waals surface area contributed by atoms with Gasteiger partial charge in [-0.15, -0.1) is 0 Å². The molecule has 0 spiro atoms. The van der Waals surface area contributed by atoms with Gasteiger partial charge in [-0.2, -0.15) is 5.26 Å². The van der Waals surface area contributed by atoms with Crippen molar-refractivity contribution in [3.8, 4) is 6.07 Å². The van der Waals surface area contributed by atoms with Crippen molar-refractivity contribution in [2.75, 3.05) is 24.5 Å². The maximum atomic E-state index is 11.2. The summed E-state index contributed by atoms with van der Waals surface area (Å²) in [5.41, 5.74) is 1.81. The lowest BCUT2D eigenvalue weighted by Gasteiger charge is -2.37. The predicted molar refractivity (Wildman–Crippen MR) is 70.7 cm³/mol. The molecule has 4 heteroatoms. The summed E-state index contributed by atoms with van der Waals surface area (Å²) in [6, 6.07) is 10.1. The van der Waals surface area contributed by atoms with Gasteiger partial charge in [-0.1, -0.05) is 0 Å². The highest BCUT2D eigenvalue weighted by molar-refractivity contribution is 5.94. The summed E-state index contributed by atoms with van der Waals surface area (Å²) in [4.78, 5) is 13.5. The van der Waals surface area contributed by atoms with Crippen LogP contribution in [0.1, 0.15) is 23.7 Å². The van der Waals surface area contributed by atoms with E-state index >= 15 is 0 Å². The summed E-state index contributed by atoms with van der Waals surface area (Å²) in [7, 11) is 0. The Morgan fingerprint density at radius 3 is 2.83 bits per heavy atom. The zero-order chi connectivity index (χ0) is 13.0. The average Bonchev–Trinajstić information content (AvgIpc) is 2.40. The Hall–Kier alpha value is -1.86. The van der Waals surface area contributed by atoms with Crippen LogP contribution >= 0.6 is 0 Å². The van der Waals surface area contributed by atoms with E-state index in [0.717, 1.165) is 30.9 Å². The molecule has 1 saturated heterocycles. The molecule has 1 heterocycles. The number of carbonyl (C=O) groups is 1.